The van der Waals surface area contributed by atoms with Gasteiger partial charge in [-0.2, -0.15) is 0 Å². The zero-order valence-electron chi connectivity index (χ0n) is 11.2. The van der Waals surface area contributed by atoms with Crippen LogP contribution in [0.5, 0.6) is 0 Å². The Morgan fingerprint density at radius 1 is 1.26 bits per heavy atom. The summed E-state index contributed by atoms with van der Waals surface area (Å²) < 4.78 is 13.9. The highest BCUT2D eigenvalue weighted by Gasteiger charge is 2.19. The maximum absolute atomic E-state index is 13.1. The van der Waals surface area contributed by atoms with Crippen molar-refractivity contribution < 1.29 is 4.39 Å². The zero-order valence-corrected chi connectivity index (χ0v) is 12.8. The van der Waals surface area contributed by atoms with Gasteiger partial charge >= 0.3 is 0 Å². The molecule has 1 fully saturated rings. The van der Waals surface area contributed by atoms with Crippen LogP contribution in [0.2, 0.25) is 0 Å². The number of rotatable bonds is 4. The standard InChI is InChI=1S/C15H22BrFN2/c16-14-9-11(17)7-8-13(14)15(10-18)19-12-5-3-1-2-4-6-12/h7-9,12,15,19H,1-6,10,18H2. The van der Waals surface area contributed by atoms with E-state index in [1.165, 1.54) is 50.7 Å². The van der Waals surface area contributed by atoms with Gasteiger partial charge in [0.1, 0.15) is 5.82 Å². The minimum Gasteiger partial charge on any atom is -0.329 e. The highest BCUT2D eigenvalue weighted by molar-refractivity contribution is 9.10. The van der Waals surface area contributed by atoms with E-state index in [-0.39, 0.29) is 11.9 Å². The molecule has 1 saturated carbocycles. The van der Waals surface area contributed by atoms with Crippen LogP contribution in [0.1, 0.15) is 50.1 Å². The molecule has 2 rings (SSSR count). The number of halogens is 2. The molecule has 0 bridgehead atoms. The fraction of sp³-hybridized carbons (Fsp3) is 0.600. The van der Waals surface area contributed by atoms with E-state index in [1.54, 1.807) is 0 Å². The predicted molar refractivity (Wildman–Crippen MR) is 80.5 cm³/mol. The Balaban J connectivity index is 2.06. The lowest BCUT2D eigenvalue weighted by atomic mass is 10.0. The molecule has 1 unspecified atom stereocenters. The largest absolute Gasteiger partial charge is 0.329 e. The molecule has 19 heavy (non-hydrogen) atoms. The average molecular weight is 329 g/mol. The van der Waals surface area contributed by atoms with Crippen LogP contribution in [0.15, 0.2) is 22.7 Å². The molecule has 3 N–H and O–H groups in total. The lowest BCUT2D eigenvalue weighted by molar-refractivity contribution is 0.401. The van der Waals surface area contributed by atoms with Crippen LogP contribution in [0.3, 0.4) is 0 Å². The molecule has 4 heteroatoms. The van der Waals surface area contributed by atoms with Gasteiger partial charge in [-0.3, -0.25) is 0 Å². The van der Waals surface area contributed by atoms with Gasteiger partial charge in [0.2, 0.25) is 0 Å². The van der Waals surface area contributed by atoms with Gasteiger partial charge in [-0.05, 0) is 30.5 Å². The minimum atomic E-state index is -0.221. The number of hydrogen-bond donors (Lipinski definition) is 2. The third-order valence-electron chi connectivity index (χ3n) is 3.87. The Morgan fingerprint density at radius 2 is 1.95 bits per heavy atom. The molecule has 0 saturated heterocycles. The van der Waals surface area contributed by atoms with Crippen molar-refractivity contribution in [2.75, 3.05) is 6.54 Å². The third kappa shape index (κ3) is 4.26. The smallest absolute Gasteiger partial charge is 0.124 e. The van der Waals surface area contributed by atoms with Gasteiger partial charge in [-0.1, -0.05) is 47.7 Å². The molecule has 0 radical (unpaired) electrons. The van der Waals surface area contributed by atoms with Crippen molar-refractivity contribution in [1.82, 2.24) is 5.32 Å². The van der Waals surface area contributed by atoms with Gasteiger partial charge in [0.25, 0.3) is 0 Å². The average Bonchev–Trinajstić information content (AvgIpc) is 2.65. The fourth-order valence-electron chi connectivity index (χ4n) is 2.80. The first-order valence-electron chi connectivity index (χ1n) is 7.12. The van der Waals surface area contributed by atoms with Crippen molar-refractivity contribution in [2.24, 2.45) is 5.73 Å². The van der Waals surface area contributed by atoms with Crippen LogP contribution in [0.25, 0.3) is 0 Å². The Hall–Kier alpha value is -0.450. The van der Waals surface area contributed by atoms with E-state index in [2.05, 4.69) is 21.2 Å². The molecule has 1 aliphatic rings. The van der Waals surface area contributed by atoms with Crippen molar-refractivity contribution in [3.05, 3.63) is 34.1 Å². The van der Waals surface area contributed by atoms with Gasteiger partial charge in [-0.15, -0.1) is 0 Å². The van der Waals surface area contributed by atoms with E-state index >= 15 is 0 Å². The molecule has 1 atom stereocenters. The van der Waals surface area contributed by atoms with Crippen LogP contribution in [-0.4, -0.2) is 12.6 Å². The Labute approximate surface area is 123 Å². The van der Waals surface area contributed by atoms with Gasteiger partial charge in [0.05, 0.1) is 0 Å². The Kier molecular flexibility index (Phi) is 5.79. The predicted octanol–water partition coefficient (Wildman–Crippen LogP) is 3.90. The van der Waals surface area contributed by atoms with E-state index in [9.17, 15) is 4.39 Å². The molecule has 0 spiro atoms. The SMILES string of the molecule is NCC(NC1CCCCCC1)c1ccc(F)cc1Br. The summed E-state index contributed by atoms with van der Waals surface area (Å²) in [7, 11) is 0. The molecule has 0 heterocycles. The summed E-state index contributed by atoms with van der Waals surface area (Å²) in [6.07, 6.45) is 7.70. The summed E-state index contributed by atoms with van der Waals surface area (Å²) in [5.74, 6) is -0.221. The normalized spacial score (nSPS) is 19.1. The van der Waals surface area contributed by atoms with E-state index in [0.717, 1.165) is 10.0 Å². The number of nitrogens with two attached hydrogens (primary N) is 1. The molecule has 0 aliphatic heterocycles. The second kappa shape index (κ2) is 7.36. The molecule has 1 aromatic carbocycles. The lowest BCUT2D eigenvalue weighted by Gasteiger charge is -2.25. The molecule has 1 aromatic rings. The highest BCUT2D eigenvalue weighted by atomic mass is 79.9. The molecule has 1 aliphatic carbocycles. The van der Waals surface area contributed by atoms with Gasteiger partial charge < -0.3 is 11.1 Å². The summed E-state index contributed by atoms with van der Waals surface area (Å²) >= 11 is 3.43. The zero-order chi connectivity index (χ0) is 13.7. The molecule has 0 amide bonds. The summed E-state index contributed by atoms with van der Waals surface area (Å²) in [6.45, 7) is 0.529. The Bertz CT molecular complexity index is 403. The summed E-state index contributed by atoms with van der Waals surface area (Å²) in [5.41, 5.74) is 6.94. The topological polar surface area (TPSA) is 38.0 Å². The van der Waals surface area contributed by atoms with Gasteiger partial charge in [0, 0.05) is 23.1 Å². The lowest BCUT2D eigenvalue weighted by Crippen LogP contribution is -2.36. The van der Waals surface area contributed by atoms with Crippen LogP contribution in [0.4, 0.5) is 4.39 Å². The van der Waals surface area contributed by atoms with Gasteiger partial charge in [0.15, 0.2) is 0 Å². The molecule has 106 valence electrons. The first kappa shape index (κ1) is 14.9. The number of hydrogen-bond acceptors (Lipinski definition) is 2. The van der Waals surface area contributed by atoms with Crippen molar-refractivity contribution in [1.29, 1.82) is 0 Å². The minimum absolute atomic E-state index is 0.0954. The van der Waals surface area contributed by atoms with E-state index in [4.69, 9.17) is 5.73 Å². The van der Waals surface area contributed by atoms with Crippen LogP contribution >= 0.6 is 15.9 Å². The van der Waals surface area contributed by atoms with E-state index in [0.29, 0.717) is 12.6 Å². The van der Waals surface area contributed by atoms with Crippen LogP contribution in [-0.2, 0) is 0 Å². The molecule has 0 aromatic heterocycles. The maximum Gasteiger partial charge on any atom is 0.124 e. The van der Waals surface area contributed by atoms with Gasteiger partial charge in [-0.25, -0.2) is 4.39 Å². The highest BCUT2D eigenvalue weighted by Crippen LogP contribution is 2.26. The first-order chi connectivity index (χ1) is 9.20. The maximum atomic E-state index is 13.1. The molecular weight excluding hydrogens is 307 g/mol. The second-order valence-corrected chi connectivity index (χ2v) is 6.16. The summed E-state index contributed by atoms with van der Waals surface area (Å²) in [4.78, 5) is 0. The summed E-state index contributed by atoms with van der Waals surface area (Å²) in [6, 6.07) is 5.45. The fourth-order valence-corrected chi connectivity index (χ4v) is 3.43. The number of benzene rings is 1. The monoisotopic (exact) mass is 328 g/mol. The van der Waals surface area contributed by atoms with Crippen molar-refractivity contribution in [3.8, 4) is 0 Å². The molecular formula is C15H22BrFN2. The van der Waals surface area contributed by atoms with Crippen LogP contribution < -0.4 is 11.1 Å². The third-order valence-corrected chi connectivity index (χ3v) is 4.55. The van der Waals surface area contributed by atoms with E-state index in [1.807, 2.05) is 6.07 Å². The summed E-state index contributed by atoms with van der Waals surface area (Å²) in [5, 5.41) is 3.64. The second-order valence-electron chi connectivity index (χ2n) is 5.31. The van der Waals surface area contributed by atoms with Crippen molar-refractivity contribution in [2.45, 2.75) is 50.6 Å². The van der Waals surface area contributed by atoms with Crippen molar-refractivity contribution in [3.63, 3.8) is 0 Å². The molecule has 2 nitrogen and oxygen atoms in total. The van der Waals surface area contributed by atoms with E-state index < -0.39 is 0 Å². The Morgan fingerprint density at radius 3 is 2.53 bits per heavy atom. The first-order valence-corrected chi connectivity index (χ1v) is 7.91. The van der Waals surface area contributed by atoms with Crippen LogP contribution in [0, 0.1) is 5.82 Å². The number of nitrogens with one attached hydrogen (secondary N) is 1. The quantitative estimate of drug-likeness (QED) is 0.822. The van der Waals surface area contributed by atoms with Crippen molar-refractivity contribution >= 4 is 15.9 Å².